The van der Waals surface area contributed by atoms with Crippen molar-refractivity contribution in [3.05, 3.63) is 69.1 Å². The molecule has 3 rings (SSSR count). The Bertz CT molecular complexity index is 1220. The summed E-state index contributed by atoms with van der Waals surface area (Å²) in [4.78, 5) is 38.8. The number of halogens is 1. The summed E-state index contributed by atoms with van der Waals surface area (Å²) in [5.74, 6) is -0.607. The number of esters is 1. The van der Waals surface area contributed by atoms with Gasteiger partial charge in [0.05, 0.1) is 37.0 Å². The van der Waals surface area contributed by atoms with E-state index in [0.29, 0.717) is 33.3 Å². The zero-order valence-corrected chi connectivity index (χ0v) is 20.6. The van der Waals surface area contributed by atoms with Crippen molar-refractivity contribution >= 4 is 51.4 Å². The first-order valence-corrected chi connectivity index (χ1v) is 11.4. The Balaban J connectivity index is 1.97. The molecule has 0 saturated carbocycles. The molecule has 0 aliphatic rings. The predicted octanol–water partition coefficient (Wildman–Crippen LogP) is 5.41. The van der Waals surface area contributed by atoms with E-state index >= 15 is 0 Å². The number of benzene rings is 2. The average Bonchev–Trinajstić information content (AvgIpc) is 3.15. The van der Waals surface area contributed by atoms with E-state index in [1.54, 1.807) is 56.3 Å². The van der Waals surface area contributed by atoms with E-state index < -0.39 is 17.8 Å². The third-order valence-electron chi connectivity index (χ3n) is 4.82. The van der Waals surface area contributed by atoms with E-state index in [-0.39, 0.29) is 22.0 Å². The molecule has 0 radical (unpaired) electrons. The molecule has 0 fully saturated rings. The van der Waals surface area contributed by atoms with E-state index in [4.69, 9.17) is 25.8 Å². The molecule has 0 unspecified atom stereocenters. The average molecular weight is 503 g/mol. The molecule has 8 nitrogen and oxygen atoms in total. The molecular formula is C24H23ClN2O6S. The Morgan fingerprint density at radius 1 is 0.971 bits per heavy atom. The van der Waals surface area contributed by atoms with Crippen LogP contribution in [0.4, 0.5) is 10.7 Å². The fourth-order valence-electron chi connectivity index (χ4n) is 3.13. The molecule has 1 aromatic heterocycles. The van der Waals surface area contributed by atoms with E-state index in [1.165, 1.54) is 14.2 Å². The summed E-state index contributed by atoms with van der Waals surface area (Å²) < 4.78 is 15.7. The standard InChI is InChI=1S/C24H23ClN2O6S/c1-5-33-24(30)19-13(2)20(22(29)26-17-12-16(31-3)10-11-18(17)32-4)34-23(19)27-21(28)14-6-8-15(25)9-7-14/h6-12H,5H2,1-4H3,(H,26,29)(H,27,28). The first-order valence-electron chi connectivity index (χ1n) is 10.2. The molecule has 0 atom stereocenters. The highest BCUT2D eigenvalue weighted by molar-refractivity contribution is 7.19. The molecule has 0 aliphatic carbocycles. The van der Waals surface area contributed by atoms with Crippen LogP contribution in [0.25, 0.3) is 0 Å². The molecular weight excluding hydrogens is 480 g/mol. The summed E-state index contributed by atoms with van der Waals surface area (Å²) in [5.41, 5.74) is 1.24. The fraction of sp³-hybridized carbons (Fsp3) is 0.208. The lowest BCUT2D eigenvalue weighted by atomic mass is 10.1. The van der Waals surface area contributed by atoms with E-state index in [0.717, 1.165) is 11.3 Å². The third kappa shape index (κ3) is 5.49. The maximum Gasteiger partial charge on any atom is 0.341 e. The number of carbonyl (C=O) groups is 3. The minimum absolute atomic E-state index is 0.122. The van der Waals surface area contributed by atoms with Gasteiger partial charge in [0.15, 0.2) is 0 Å². The lowest BCUT2D eigenvalue weighted by Crippen LogP contribution is -2.15. The Morgan fingerprint density at radius 3 is 2.29 bits per heavy atom. The van der Waals surface area contributed by atoms with E-state index in [9.17, 15) is 14.4 Å². The van der Waals surface area contributed by atoms with Crippen molar-refractivity contribution in [2.45, 2.75) is 13.8 Å². The van der Waals surface area contributed by atoms with Crippen molar-refractivity contribution in [1.29, 1.82) is 0 Å². The van der Waals surface area contributed by atoms with Crippen LogP contribution >= 0.6 is 22.9 Å². The van der Waals surface area contributed by atoms with Crippen LogP contribution in [0, 0.1) is 6.92 Å². The highest BCUT2D eigenvalue weighted by atomic mass is 35.5. The Kier molecular flexibility index (Phi) is 8.14. The van der Waals surface area contributed by atoms with Gasteiger partial charge in [0, 0.05) is 16.7 Å². The summed E-state index contributed by atoms with van der Waals surface area (Å²) in [5, 5.41) is 6.20. The van der Waals surface area contributed by atoms with Crippen LogP contribution in [0.3, 0.4) is 0 Å². The number of ether oxygens (including phenoxy) is 3. The zero-order valence-electron chi connectivity index (χ0n) is 19.0. The number of carbonyl (C=O) groups excluding carboxylic acids is 3. The Labute approximate surface area is 205 Å². The first-order chi connectivity index (χ1) is 16.3. The molecule has 0 spiro atoms. The van der Waals surface area contributed by atoms with Crippen molar-refractivity contribution in [2.24, 2.45) is 0 Å². The normalized spacial score (nSPS) is 10.4. The number of anilines is 2. The largest absolute Gasteiger partial charge is 0.497 e. The number of hydrogen-bond acceptors (Lipinski definition) is 7. The molecule has 2 aromatic carbocycles. The molecule has 34 heavy (non-hydrogen) atoms. The molecule has 2 N–H and O–H groups in total. The molecule has 178 valence electrons. The Morgan fingerprint density at radius 2 is 1.68 bits per heavy atom. The van der Waals surface area contributed by atoms with Gasteiger partial charge in [-0.15, -0.1) is 11.3 Å². The minimum Gasteiger partial charge on any atom is -0.497 e. The summed E-state index contributed by atoms with van der Waals surface area (Å²) in [6, 6.07) is 11.3. The second-order valence-electron chi connectivity index (χ2n) is 6.96. The maximum atomic E-state index is 13.2. The van der Waals surface area contributed by atoms with Gasteiger partial charge in [0.1, 0.15) is 16.5 Å². The quantitative estimate of drug-likeness (QED) is 0.399. The first kappa shape index (κ1) is 25.1. The topological polar surface area (TPSA) is 103 Å². The van der Waals surface area contributed by atoms with Crippen LogP contribution in [-0.4, -0.2) is 38.6 Å². The molecule has 0 aliphatic heterocycles. The zero-order chi connectivity index (χ0) is 24.8. The van der Waals surface area contributed by atoms with Gasteiger partial charge in [-0.1, -0.05) is 11.6 Å². The van der Waals surface area contributed by atoms with Gasteiger partial charge in [-0.05, 0) is 55.8 Å². The predicted molar refractivity (Wildman–Crippen MR) is 132 cm³/mol. The summed E-state index contributed by atoms with van der Waals surface area (Å²) in [6.07, 6.45) is 0. The van der Waals surface area contributed by atoms with Crippen molar-refractivity contribution in [2.75, 3.05) is 31.5 Å². The van der Waals surface area contributed by atoms with Crippen molar-refractivity contribution in [3.63, 3.8) is 0 Å². The molecule has 3 aromatic rings. The maximum absolute atomic E-state index is 13.2. The summed E-state index contributed by atoms with van der Waals surface area (Å²) in [6.45, 7) is 3.44. The highest BCUT2D eigenvalue weighted by Crippen LogP contribution is 2.36. The van der Waals surface area contributed by atoms with Gasteiger partial charge >= 0.3 is 5.97 Å². The van der Waals surface area contributed by atoms with Crippen LogP contribution in [0.2, 0.25) is 5.02 Å². The molecule has 1 heterocycles. The third-order valence-corrected chi connectivity index (χ3v) is 6.28. The molecule has 0 saturated heterocycles. The number of methoxy groups -OCH3 is 2. The highest BCUT2D eigenvalue weighted by Gasteiger charge is 2.27. The fourth-order valence-corrected chi connectivity index (χ4v) is 4.35. The van der Waals surface area contributed by atoms with E-state index in [1.807, 2.05) is 0 Å². The van der Waals surface area contributed by atoms with Crippen molar-refractivity contribution in [3.8, 4) is 11.5 Å². The summed E-state index contributed by atoms with van der Waals surface area (Å²) in [7, 11) is 3.00. The minimum atomic E-state index is -0.638. The van der Waals surface area contributed by atoms with Crippen LogP contribution in [0.15, 0.2) is 42.5 Å². The smallest absolute Gasteiger partial charge is 0.341 e. The SMILES string of the molecule is CCOC(=O)c1c(NC(=O)c2ccc(Cl)cc2)sc(C(=O)Nc2cc(OC)ccc2OC)c1C. The number of thiophene rings is 1. The van der Waals surface area contributed by atoms with Crippen molar-refractivity contribution in [1.82, 2.24) is 0 Å². The van der Waals surface area contributed by atoms with Crippen LogP contribution in [0.5, 0.6) is 11.5 Å². The monoisotopic (exact) mass is 502 g/mol. The van der Waals surface area contributed by atoms with Gasteiger partial charge in [0.25, 0.3) is 11.8 Å². The van der Waals surface area contributed by atoms with Crippen molar-refractivity contribution < 1.29 is 28.6 Å². The molecule has 0 bridgehead atoms. The van der Waals surface area contributed by atoms with Gasteiger partial charge < -0.3 is 24.8 Å². The number of rotatable bonds is 8. The number of nitrogens with one attached hydrogen (secondary N) is 2. The second kappa shape index (κ2) is 11.0. The van der Waals surface area contributed by atoms with Gasteiger partial charge in [-0.2, -0.15) is 0 Å². The van der Waals surface area contributed by atoms with Gasteiger partial charge in [0.2, 0.25) is 0 Å². The lowest BCUT2D eigenvalue weighted by molar-refractivity contribution is 0.0527. The lowest BCUT2D eigenvalue weighted by Gasteiger charge is -2.11. The number of hydrogen-bond donors (Lipinski definition) is 2. The van der Waals surface area contributed by atoms with Crippen LogP contribution in [-0.2, 0) is 4.74 Å². The summed E-state index contributed by atoms with van der Waals surface area (Å²) >= 11 is 6.87. The Hall–Kier alpha value is -3.56. The number of amides is 2. The van der Waals surface area contributed by atoms with Crippen LogP contribution < -0.4 is 20.1 Å². The second-order valence-corrected chi connectivity index (χ2v) is 8.42. The van der Waals surface area contributed by atoms with E-state index in [2.05, 4.69) is 10.6 Å². The van der Waals surface area contributed by atoms with Crippen LogP contribution in [0.1, 0.15) is 42.9 Å². The van der Waals surface area contributed by atoms with Gasteiger partial charge in [-0.25, -0.2) is 4.79 Å². The molecule has 10 heteroatoms. The molecule has 2 amide bonds. The van der Waals surface area contributed by atoms with Gasteiger partial charge in [-0.3, -0.25) is 9.59 Å².